The monoisotopic (exact) mass is 471 g/mol. The molecule has 0 fully saturated rings. The van der Waals surface area contributed by atoms with Crippen LogP contribution in [-0.2, 0) is 11.2 Å². The minimum atomic E-state index is -1.66. The van der Waals surface area contributed by atoms with Gasteiger partial charge in [0.05, 0.1) is 36.5 Å². The maximum Gasteiger partial charge on any atom is 0.208 e. The number of carbonyl (C=O) groups excluding carboxylic acids is 1. The quantitative estimate of drug-likeness (QED) is 0.309. The van der Waals surface area contributed by atoms with Crippen molar-refractivity contribution in [2.24, 2.45) is 0 Å². The Morgan fingerprint density at radius 3 is 2.88 bits per heavy atom. The van der Waals surface area contributed by atoms with Crippen LogP contribution in [0.5, 0.6) is 0 Å². The molecule has 3 aromatic rings. The average Bonchev–Trinajstić information content (AvgIpc) is 3.06. The smallest absolute Gasteiger partial charge is 0.208 e. The number of aliphatic hydroxyl groups excluding tert-OH is 1. The number of imidazole rings is 1. The van der Waals surface area contributed by atoms with Gasteiger partial charge in [-0.25, -0.2) is 14.4 Å². The molecule has 0 radical (unpaired) electrons. The first-order valence-electron chi connectivity index (χ1n) is 7.66. The van der Waals surface area contributed by atoms with Gasteiger partial charge in [-0.1, -0.05) is 6.07 Å². The second-order valence-corrected chi connectivity index (χ2v) is 6.82. The summed E-state index contributed by atoms with van der Waals surface area (Å²) in [5.41, 5.74) is 1.71. The van der Waals surface area contributed by atoms with Gasteiger partial charge in [-0.2, -0.15) is 0 Å². The van der Waals surface area contributed by atoms with E-state index >= 15 is 0 Å². The third-order valence-corrected chi connectivity index (χ3v) is 4.37. The Labute approximate surface area is 161 Å². The lowest BCUT2D eigenvalue weighted by atomic mass is 10.1. The number of hydrogen-bond acceptors (Lipinski definition) is 6. The first-order valence-corrected chi connectivity index (χ1v) is 8.74. The number of carbonyl (C=O) groups is 1. The lowest BCUT2D eigenvalue weighted by molar-refractivity contribution is -0.0908. The second-order valence-electron chi connectivity index (χ2n) is 5.57. The van der Waals surface area contributed by atoms with Crippen molar-refractivity contribution in [3.8, 4) is 0 Å². The Bertz CT molecular complexity index is 945. The minimum Gasteiger partial charge on any atom is -0.368 e. The van der Waals surface area contributed by atoms with Gasteiger partial charge >= 0.3 is 0 Å². The van der Waals surface area contributed by atoms with Gasteiger partial charge in [0, 0.05) is 9.99 Å². The summed E-state index contributed by atoms with van der Waals surface area (Å²) in [5.74, 6) is -0.811. The van der Waals surface area contributed by atoms with E-state index in [0.29, 0.717) is 16.8 Å². The molecule has 2 aromatic heterocycles. The summed E-state index contributed by atoms with van der Waals surface area (Å²) in [6.07, 6.45) is 3.11. The Kier molecular flexibility index (Phi) is 5.91. The van der Waals surface area contributed by atoms with E-state index in [1.165, 1.54) is 18.6 Å². The summed E-state index contributed by atoms with van der Waals surface area (Å²) in [5, 5.41) is 17.6. The van der Waals surface area contributed by atoms with Gasteiger partial charge in [0.2, 0.25) is 5.78 Å². The molecule has 2 N–H and O–H groups in total. The molecule has 3 rings (SSSR count). The number of aliphatic hydroxyl groups is 2. The van der Waals surface area contributed by atoms with Crippen LogP contribution < -0.4 is 0 Å². The number of fused-ring (bicyclic) bond motifs is 1. The maximum atomic E-state index is 14.3. The minimum absolute atomic E-state index is 0.126. The zero-order valence-corrected chi connectivity index (χ0v) is 15.6. The first kappa shape index (κ1) is 18.8. The molecule has 7 nitrogen and oxygen atoms in total. The zero-order valence-electron chi connectivity index (χ0n) is 13.5. The van der Waals surface area contributed by atoms with Crippen LogP contribution in [0.3, 0.4) is 0 Å². The molecule has 0 atom stereocenters. The summed E-state index contributed by atoms with van der Waals surface area (Å²) in [6, 6.07) is 4.87. The SMILES string of the molecule is O=C(COCC(O)O)c1ncc2cncn2c1Cc1ccc(I)cc1F. The van der Waals surface area contributed by atoms with Crippen LogP contribution in [0.1, 0.15) is 21.7 Å². The Morgan fingerprint density at radius 1 is 1.35 bits per heavy atom. The fourth-order valence-electron chi connectivity index (χ4n) is 2.52. The molecule has 136 valence electrons. The summed E-state index contributed by atoms with van der Waals surface area (Å²) < 4.78 is 21.7. The van der Waals surface area contributed by atoms with Crippen LogP contribution in [0.15, 0.2) is 36.9 Å². The van der Waals surface area contributed by atoms with Crippen LogP contribution in [-0.4, -0.2) is 49.9 Å². The van der Waals surface area contributed by atoms with Crippen molar-refractivity contribution in [2.75, 3.05) is 13.2 Å². The fraction of sp³-hybridized carbons (Fsp3) is 0.235. The van der Waals surface area contributed by atoms with Crippen LogP contribution >= 0.6 is 22.6 Å². The first-order chi connectivity index (χ1) is 12.5. The largest absolute Gasteiger partial charge is 0.368 e. The van der Waals surface area contributed by atoms with Crippen molar-refractivity contribution in [3.05, 3.63) is 63.3 Å². The van der Waals surface area contributed by atoms with E-state index in [0.717, 1.165) is 3.57 Å². The molecule has 0 amide bonds. The number of rotatable bonds is 7. The lowest BCUT2D eigenvalue weighted by Crippen LogP contribution is -2.20. The number of ether oxygens (including phenoxy) is 1. The molecular formula is C17H15FIN3O4. The Balaban J connectivity index is 1.96. The molecule has 0 saturated heterocycles. The fourth-order valence-corrected chi connectivity index (χ4v) is 2.97. The third kappa shape index (κ3) is 4.23. The summed E-state index contributed by atoms with van der Waals surface area (Å²) in [6.45, 7) is -0.757. The molecule has 0 saturated carbocycles. The molecule has 0 spiro atoms. The zero-order chi connectivity index (χ0) is 18.7. The number of Topliss-reactive ketones (excluding diaryl/α,β-unsaturated/α-hetero) is 1. The van der Waals surface area contributed by atoms with Gasteiger partial charge in [0.25, 0.3) is 0 Å². The van der Waals surface area contributed by atoms with Crippen LogP contribution in [0.4, 0.5) is 4.39 Å². The normalized spacial score (nSPS) is 11.4. The number of nitrogens with zero attached hydrogens (tertiary/aromatic N) is 3. The molecular weight excluding hydrogens is 456 g/mol. The highest BCUT2D eigenvalue weighted by molar-refractivity contribution is 14.1. The van der Waals surface area contributed by atoms with Crippen LogP contribution in [0.25, 0.3) is 5.52 Å². The lowest BCUT2D eigenvalue weighted by Gasteiger charge is -2.12. The van der Waals surface area contributed by atoms with Gasteiger partial charge < -0.3 is 14.9 Å². The molecule has 0 bridgehead atoms. The van der Waals surface area contributed by atoms with E-state index in [4.69, 9.17) is 14.9 Å². The van der Waals surface area contributed by atoms with Crippen molar-refractivity contribution < 1.29 is 24.1 Å². The topological polar surface area (TPSA) is 97.0 Å². The van der Waals surface area contributed by atoms with E-state index in [1.54, 1.807) is 22.7 Å². The standard InChI is InChI=1S/C17H15FIN3O4/c18-13-4-11(19)2-1-10(13)3-14-17(15(23)7-26-8-16(24)25)21-6-12-5-20-9-22(12)14/h1-2,4-6,9,16,24-25H,3,7-8H2. The van der Waals surface area contributed by atoms with E-state index in [1.807, 2.05) is 22.6 Å². The molecule has 2 heterocycles. The number of hydrogen-bond donors (Lipinski definition) is 2. The van der Waals surface area contributed by atoms with E-state index in [-0.39, 0.29) is 31.1 Å². The summed E-state index contributed by atoms with van der Waals surface area (Å²) in [7, 11) is 0. The van der Waals surface area contributed by atoms with Crippen LogP contribution in [0.2, 0.25) is 0 Å². The summed E-state index contributed by atoms with van der Waals surface area (Å²) >= 11 is 2.02. The van der Waals surface area contributed by atoms with Crippen molar-refractivity contribution >= 4 is 33.9 Å². The van der Waals surface area contributed by atoms with Crippen molar-refractivity contribution in [1.82, 2.24) is 14.4 Å². The Hall–Kier alpha value is -1.95. The molecule has 0 aliphatic carbocycles. The molecule has 9 heteroatoms. The maximum absolute atomic E-state index is 14.3. The van der Waals surface area contributed by atoms with Crippen molar-refractivity contribution in [1.29, 1.82) is 0 Å². The molecule has 0 aliphatic rings. The highest BCUT2D eigenvalue weighted by Crippen LogP contribution is 2.19. The number of benzene rings is 1. The number of halogens is 2. The predicted octanol–water partition coefficient (Wildman–Crippen LogP) is 1.57. The van der Waals surface area contributed by atoms with Crippen LogP contribution in [0, 0.1) is 9.39 Å². The van der Waals surface area contributed by atoms with Crippen molar-refractivity contribution in [2.45, 2.75) is 12.7 Å². The van der Waals surface area contributed by atoms with E-state index in [9.17, 15) is 9.18 Å². The Morgan fingerprint density at radius 2 is 2.15 bits per heavy atom. The average molecular weight is 471 g/mol. The van der Waals surface area contributed by atoms with Gasteiger partial charge in [-0.15, -0.1) is 0 Å². The third-order valence-electron chi connectivity index (χ3n) is 3.69. The van der Waals surface area contributed by atoms with E-state index < -0.39 is 12.1 Å². The van der Waals surface area contributed by atoms with Crippen molar-refractivity contribution in [3.63, 3.8) is 0 Å². The number of ketones is 1. The molecule has 1 aromatic carbocycles. The molecule has 0 unspecified atom stereocenters. The predicted molar refractivity (Wildman–Crippen MR) is 98.3 cm³/mol. The number of aromatic nitrogens is 3. The van der Waals surface area contributed by atoms with Gasteiger partial charge in [-0.05, 0) is 40.3 Å². The second kappa shape index (κ2) is 8.16. The van der Waals surface area contributed by atoms with E-state index in [2.05, 4.69) is 9.97 Å². The highest BCUT2D eigenvalue weighted by Gasteiger charge is 2.19. The van der Waals surface area contributed by atoms with Gasteiger partial charge in [0.15, 0.2) is 6.29 Å². The molecule has 0 aliphatic heterocycles. The van der Waals surface area contributed by atoms with Gasteiger partial charge in [0.1, 0.15) is 18.1 Å². The van der Waals surface area contributed by atoms with Gasteiger partial charge in [-0.3, -0.25) is 9.20 Å². The highest BCUT2D eigenvalue weighted by atomic mass is 127. The molecule has 26 heavy (non-hydrogen) atoms. The summed E-state index contributed by atoms with van der Waals surface area (Å²) in [4.78, 5) is 20.7.